The Hall–Kier alpha value is -0.591. The maximum atomic E-state index is 11.9. The van der Waals surface area contributed by atoms with Gasteiger partial charge in [-0.25, -0.2) is 0 Å². The predicted molar refractivity (Wildman–Crippen MR) is 77.5 cm³/mol. The molecule has 0 unspecified atom stereocenters. The van der Waals surface area contributed by atoms with E-state index >= 15 is 0 Å². The molecule has 1 aromatic rings. The monoisotopic (exact) mass is 304 g/mol. The first-order chi connectivity index (χ1) is 9.29. The average Bonchev–Trinajstić information content (AvgIpc) is 3.14. The van der Waals surface area contributed by atoms with Gasteiger partial charge in [0.05, 0.1) is 5.92 Å². The van der Waals surface area contributed by atoms with E-state index in [2.05, 4.69) is 0 Å². The third kappa shape index (κ3) is 5.07. The molecular weight excluding hydrogens is 288 g/mol. The number of hydrogen-bond acceptors (Lipinski definition) is 1. The first-order valence-electron chi connectivity index (χ1n) is 6.28. The van der Waals surface area contributed by atoms with Gasteiger partial charge in [-0.3, -0.25) is 4.79 Å². The van der Waals surface area contributed by atoms with Gasteiger partial charge < -0.3 is 0 Å². The van der Waals surface area contributed by atoms with Crippen LogP contribution in [0.15, 0.2) is 24.3 Å². The molecule has 0 aliphatic heterocycles. The van der Waals surface area contributed by atoms with Crippen LogP contribution in [0.1, 0.15) is 15.9 Å². The summed E-state index contributed by atoms with van der Waals surface area (Å²) in [7, 11) is 0. The first kappa shape index (κ1) is 17.5. The van der Waals surface area contributed by atoms with Crippen LogP contribution >= 0.6 is 0 Å². The number of carbonyl (C=O) groups is 1. The van der Waals surface area contributed by atoms with Crippen LogP contribution in [0.2, 0.25) is 0 Å². The van der Waals surface area contributed by atoms with Gasteiger partial charge in [0.2, 0.25) is 0 Å². The van der Waals surface area contributed by atoms with Crippen molar-refractivity contribution in [3.63, 3.8) is 0 Å². The fourth-order valence-corrected chi connectivity index (χ4v) is 1.83. The summed E-state index contributed by atoms with van der Waals surface area (Å²) in [6, 6.07) is 7.65. The number of ketones is 1. The van der Waals surface area contributed by atoms with E-state index in [1.165, 1.54) is 0 Å². The Kier molecular flexibility index (Phi) is 8.18. The molecule has 0 atom stereocenters. The Morgan fingerprint density at radius 3 is 1.80 bits per heavy atom. The van der Waals surface area contributed by atoms with Crippen LogP contribution in [-0.4, -0.2) is 5.78 Å². The predicted octanol–water partition coefficient (Wildman–Crippen LogP) is 3.60. The topological polar surface area (TPSA) is 17.1 Å². The van der Waals surface area contributed by atoms with Gasteiger partial charge in [-0.05, 0) is 70.3 Å². The van der Waals surface area contributed by atoms with Crippen molar-refractivity contribution in [2.45, 2.75) is 6.92 Å². The van der Waals surface area contributed by atoms with Crippen molar-refractivity contribution in [3.8, 4) is 0 Å². The molecule has 0 N–H and O–H groups in total. The fraction of sp³-hybridized carbons (Fsp3) is 0.0556. The molecule has 2 aliphatic carbocycles. The van der Waals surface area contributed by atoms with Crippen molar-refractivity contribution in [1.29, 1.82) is 0 Å². The van der Waals surface area contributed by atoms with Gasteiger partial charge in [-0.15, -0.1) is 0 Å². The normalized spacial score (nSPS) is 18.1. The van der Waals surface area contributed by atoms with Crippen LogP contribution in [0.3, 0.4) is 0 Å². The van der Waals surface area contributed by atoms with Gasteiger partial charge in [0, 0.05) is 5.56 Å². The second-order valence-electron chi connectivity index (χ2n) is 4.28. The van der Waals surface area contributed by atoms with Crippen LogP contribution in [0, 0.1) is 70.6 Å². The SMILES string of the molecule is Cc1ccccc1C(=O)[C]1[CH][CH][CH][CH]1.[CH]1[CH][CH][CH][CH]1.[Fe+2]. The summed E-state index contributed by atoms with van der Waals surface area (Å²) in [5, 5.41) is 0. The molecule has 1 aromatic carbocycles. The van der Waals surface area contributed by atoms with E-state index in [-0.39, 0.29) is 22.9 Å². The van der Waals surface area contributed by atoms with Crippen molar-refractivity contribution >= 4 is 5.78 Å². The Bertz CT molecular complexity index is 396. The van der Waals surface area contributed by atoms with E-state index in [0.29, 0.717) is 0 Å². The van der Waals surface area contributed by atoms with Crippen LogP contribution in [0.25, 0.3) is 0 Å². The van der Waals surface area contributed by atoms with Gasteiger partial charge in [0.25, 0.3) is 0 Å². The van der Waals surface area contributed by atoms with Crippen LogP contribution in [-0.2, 0) is 17.1 Å². The summed E-state index contributed by atoms with van der Waals surface area (Å²) in [5.74, 6) is 0.868. The van der Waals surface area contributed by atoms with Crippen molar-refractivity contribution < 1.29 is 21.9 Å². The summed E-state index contributed by atoms with van der Waals surface area (Å²) in [5.41, 5.74) is 1.82. The smallest absolute Gasteiger partial charge is 0.293 e. The summed E-state index contributed by atoms with van der Waals surface area (Å²) < 4.78 is 0. The molecule has 20 heavy (non-hydrogen) atoms. The summed E-state index contributed by atoms with van der Waals surface area (Å²) in [6.07, 6.45) is 17.4. The molecule has 0 heterocycles. The Balaban J connectivity index is 0.000000283. The minimum absolute atomic E-state index is 0. The molecule has 0 amide bonds. The molecule has 2 saturated carbocycles. The maximum Gasteiger partial charge on any atom is 2.00 e. The van der Waals surface area contributed by atoms with Gasteiger partial charge in [0.15, 0.2) is 5.78 Å². The van der Waals surface area contributed by atoms with E-state index in [1.54, 1.807) is 0 Å². The van der Waals surface area contributed by atoms with E-state index in [4.69, 9.17) is 0 Å². The Morgan fingerprint density at radius 2 is 1.30 bits per heavy atom. The number of carbonyl (C=O) groups excluding carboxylic acids is 1. The molecule has 0 saturated heterocycles. The second kappa shape index (κ2) is 9.36. The zero-order valence-electron chi connectivity index (χ0n) is 11.3. The summed E-state index contributed by atoms with van der Waals surface area (Å²) in [4.78, 5) is 11.9. The van der Waals surface area contributed by atoms with E-state index in [0.717, 1.165) is 17.0 Å². The Morgan fingerprint density at radius 1 is 0.800 bits per heavy atom. The van der Waals surface area contributed by atoms with Gasteiger partial charge >= 0.3 is 17.1 Å². The minimum atomic E-state index is 0. The van der Waals surface area contributed by atoms with Gasteiger partial charge in [-0.2, -0.15) is 0 Å². The van der Waals surface area contributed by atoms with Crippen molar-refractivity contribution in [2.24, 2.45) is 0 Å². The fourth-order valence-electron chi connectivity index (χ4n) is 1.83. The van der Waals surface area contributed by atoms with Gasteiger partial charge in [0.1, 0.15) is 0 Å². The maximum absolute atomic E-state index is 11.9. The minimum Gasteiger partial charge on any atom is -0.293 e. The second-order valence-corrected chi connectivity index (χ2v) is 4.28. The van der Waals surface area contributed by atoms with E-state index < -0.39 is 0 Å². The quantitative estimate of drug-likeness (QED) is 0.603. The molecule has 2 fully saturated rings. The molecule has 0 spiro atoms. The molecule has 2 heteroatoms. The van der Waals surface area contributed by atoms with E-state index in [9.17, 15) is 4.79 Å². The summed E-state index contributed by atoms with van der Waals surface area (Å²) in [6.45, 7) is 1.95. The number of benzene rings is 1. The first-order valence-corrected chi connectivity index (χ1v) is 6.28. The number of hydrogen-bond donors (Lipinski definition) is 0. The standard InChI is InChI=1S/C13H11O.C5H5.Fe/c1-10-6-2-5-9-12(10)13(14)11-7-3-4-8-11;1-2-4-5-3-1;/h2-9H,1H3;1-5H;/q;;+2. The molecule has 10 radical (unpaired) electrons. The molecular formula is C18H16FeO+2. The zero-order valence-corrected chi connectivity index (χ0v) is 12.4. The van der Waals surface area contributed by atoms with Crippen LogP contribution in [0.4, 0.5) is 0 Å². The van der Waals surface area contributed by atoms with E-state index in [1.807, 2.05) is 89.0 Å². The van der Waals surface area contributed by atoms with Crippen molar-refractivity contribution in [1.82, 2.24) is 0 Å². The molecule has 2 aliphatic rings. The number of rotatable bonds is 2. The number of aryl methyl sites for hydroxylation is 1. The van der Waals surface area contributed by atoms with Crippen LogP contribution in [0.5, 0.6) is 0 Å². The summed E-state index contributed by atoms with van der Waals surface area (Å²) >= 11 is 0. The molecule has 0 bridgehead atoms. The molecule has 1 nitrogen and oxygen atoms in total. The third-order valence-electron chi connectivity index (χ3n) is 2.87. The average molecular weight is 304 g/mol. The molecule has 0 aromatic heterocycles. The largest absolute Gasteiger partial charge is 2.00 e. The molecule has 100 valence electrons. The van der Waals surface area contributed by atoms with Gasteiger partial charge in [-0.1, -0.05) is 24.3 Å². The third-order valence-corrected chi connectivity index (χ3v) is 2.87. The molecule has 3 rings (SSSR count). The Labute approximate surface area is 134 Å². The zero-order chi connectivity index (χ0) is 13.5. The van der Waals surface area contributed by atoms with Crippen molar-refractivity contribution in [2.75, 3.05) is 0 Å². The number of Topliss-reactive ketones (excluding diaryl/α,β-unsaturated/α-hetero) is 1. The van der Waals surface area contributed by atoms with Crippen molar-refractivity contribution in [3.05, 3.63) is 99.1 Å². The van der Waals surface area contributed by atoms with Crippen LogP contribution < -0.4 is 0 Å².